The van der Waals surface area contributed by atoms with E-state index in [4.69, 9.17) is 21.3 Å². The zero-order chi connectivity index (χ0) is 30.2. The van der Waals surface area contributed by atoms with Crippen LogP contribution in [0.3, 0.4) is 0 Å². The Morgan fingerprint density at radius 3 is 2.57 bits per heavy atom. The Kier molecular flexibility index (Phi) is 10.8. The van der Waals surface area contributed by atoms with E-state index in [0.717, 1.165) is 12.8 Å². The molecule has 0 bridgehead atoms. The first-order valence-corrected chi connectivity index (χ1v) is 14.2. The highest BCUT2D eigenvalue weighted by Gasteiger charge is 2.42. The molecule has 14 heteroatoms. The van der Waals surface area contributed by atoms with Crippen LogP contribution in [0.1, 0.15) is 38.5 Å². The highest BCUT2D eigenvalue weighted by molar-refractivity contribution is 6.33. The van der Waals surface area contributed by atoms with Crippen molar-refractivity contribution in [3.05, 3.63) is 35.5 Å². The van der Waals surface area contributed by atoms with Gasteiger partial charge in [0.25, 0.3) is 0 Å². The topological polar surface area (TPSA) is 121 Å². The Hall–Kier alpha value is -3.21. The number of rotatable bonds is 11. The van der Waals surface area contributed by atoms with Crippen LogP contribution in [0.4, 0.5) is 29.2 Å². The van der Waals surface area contributed by atoms with Gasteiger partial charge in [0.05, 0.1) is 22.2 Å². The maximum absolute atomic E-state index is 13.1. The maximum atomic E-state index is 13.1. The second-order valence-corrected chi connectivity index (χ2v) is 11.0. The summed E-state index contributed by atoms with van der Waals surface area (Å²) >= 11 is 6.48. The Balaban J connectivity index is 1.30. The van der Waals surface area contributed by atoms with Crippen LogP contribution in [0.5, 0.6) is 0 Å². The minimum atomic E-state index is -5.16. The summed E-state index contributed by atoms with van der Waals surface area (Å²) in [5.74, 6) is -1.14. The molecular formula is C28H33ClF4N6O3. The first-order valence-electron chi connectivity index (χ1n) is 13.8. The third kappa shape index (κ3) is 8.65. The average Bonchev–Trinajstić information content (AvgIpc) is 3.00. The molecule has 42 heavy (non-hydrogen) atoms. The number of carbonyl (C=O) groups is 1. The van der Waals surface area contributed by atoms with Gasteiger partial charge in [0.2, 0.25) is 0 Å². The van der Waals surface area contributed by atoms with Crippen LogP contribution in [0.15, 0.2) is 30.5 Å². The summed E-state index contributed by atoms with van der Waals surface area (Å²) in [6.07, 6.45) is -0.917. The largest absolute Gasteiger partial charge is 0.490 e. The quantitative estimate of drug-likeness (QED) is 0.230. The molecule has 3 N–H and O–H groups in total. The molecule has 2 aliphatic rings. The lowest BCUT2D eigenvalue weighted by molar-refractivity contribution is -0.205. The fourth-order valence-electron chi connectivity index (χ4n) is 5.04. The van der Waals surface area contributed by atoms with Gasteiger partial charge < -0.3 is 25.4 Å². The summed E-state index contributed by atoms with van der Waals surface area (Å²) in [5.41, 5.74) is 0.847. The monoisotopic (exact) mass is 612 g/mol. The van der Waals surface area contributed by atoms with Gasteiger partial charge >= 0.3 is 12.1 Å². The van der Waals surface area contributed by atoms with Crippen molar-refractivity contribution in [2.45, 2.75) is 62.9 Å². The lowest BCUT2D eigenvalue weighted by Crippen LogP contribution is -2.43. The molecular weight excluding hydrogens is 580 g/mol. The summed E-state index contributed by atoms with van der Waals surface area (Å²) in [7, 11) is 0. The molecule has 0 spiro atoms. The van der Waals surface area contributed by atoms with Crippen molar-refractivity contribution in [3.8, 4) is 17.3 Å². The molecule has 2 aromatic heterocycles. The van der Waals surface area contributed by atoms with Crippen LogP contribution < -0.4 is 16.0 Å². The van der Waals surface area contributed by atoms with Crippen molar-refractivity contribution >= 4 is 29.2 Å². The molecule has 1 atom stereocenters. The molecule has 1 unspecified atom stereocenters. The minimum Gasteiger partial charge on any atom is -0.452 e. The summed E-state index contributed by atoms with van der Waals surface area (Å²) in [6.45, 7) is 0.178. The van der Waals surface area contributed by atoms with E-state index in [9.17, 15) is 27.6 Å². The van der Waals surface area contributed by atoms with Crippen LogP contribution in [0.25, 0.3) is 11.3 Å². The van der Waals surface area contributed by atoms with Crippen molar-refractivity contribution in [1.82, 2.24) is 15.3 Å². The molecule has 0 amide bonds. The molecule has 0 aromatic carbocycles. The summed E-state index contributed by atoms with van der Waals surface area (Å²) in [4.78, 5) is 20.1. The van der Waals surface area contributed by atoms with Crippen LogP contribution in [-0.4, -0.2) is 73.3 Å². The molecule has 2 aromatic rings. The maximum Gasteiger partial charge on any atom is 0.490 e. The third-order valence-corrected chi connectivity index (χ3v) is 7.87. The van der Waals surface area contributed by atoms with Crippen LogP contribution >= 0.6 is 11.6 Å². The molecule has 228 valence electrons. The molecule has 0 radical (unpaired) electrons. The number of esters is 1. The van der Waals surface area contributed by atoms with E-state index in [-0.39, 0.29) is 18.6 Å². The van der Waals surface area contributed by atoms with Gasteiger partial charge in [-0.3, -0.25) is 0 Å². The van der Waals surface area contributed by atoms with Gasteiger partial charge in [-0.25, -0.2) is 19.2 Å². The van der Waals surface area contributed by atoms with E-state index in [1.165, 1.54) is 0 Å². The van der Waals surface area contributed by atoms with Gasteiger partial charge in [0, 0.05) is 50.1 Å². The number of nitrogens with zero attached hydrogens (tertiary/aromatic N) is 3. The van der Waals surface area contributed by atoms with Crippen molar-refractivity contribution in [2.24, 2.45) is 5.41 Å². The van der Waals surface area contributed by atoms with Crippen LogP contribution in [-0.2, 0) is 14.3 Å². The molecule has 1 saturated heterocycles. The van der Waals surface area contributed by atoms with E-state index in [2.05, 4.69) is 31.7 Å². The molecule has 2 fully saturated rings. The molecule has 4 rings (SSSR count). The minimum absolute atomic E-state index is 0.0452. The van der Waals surface area contributed by atoms with E-state index < -0.39 is 30.3 Å². The van der Waals surface area contributed by atoms with E-state index >= 15 is 0 Å². The SMILES string of the molecule is N#CC1(CNc2cccc(-c3cc(NC4CCC(NCC(CF)OC(=O)C(F)(F)F)CC4)ncc3Cl)n2)CCOCC1. The molecule has 9 nitrogen and oxygen atoms in total. The highest BCUT2D eigenvalue weighted by atomic mass is 35.5. The Labute approximate surface area is 246 Å². The number of halogens is 5. The predicted octanol–water partition coefficient (Wildman–Crippen LogP) is 5.29. The summed E-state index contributed by atoms with van der Waals surface area (Å²) in [5, 5.41) is 19.9. The summed E-state index contributed by atoms with van der Waals surface area (Å²) in [6, 6.07) is 9.86. The number of anilines is 2. The lowest BCUT2D eigenvalue weighted by atomic mass is 9.82. The normalized spacial score (nSPS) is 21.1. The van der Waals surface area contributed by atoms with Crippen molar-refractivity contribution in [2.75, 3.05) is 43.6 Å². The van der Waals surface area contributed by atoms with Crippen molar-refractivity contribution in [1.29, 1.82) is 5.26 Å². The van der Waals surface area contributed by atoms with E-state index in [1.54, 1.807) is 6.20 Å². The Morgan fingerprint density at radius 2 is 1.90 bits per heavy atom. The van der Waals surface area contributed by atoms with Crippen LogP contribution in [0, 0.1) is 16.7 Å². The summed E-state index contributed by atoms with van der Waals surface area (Å²) < 4.78 is 59.9. The van der Waals surface area contributed by atoms with Gasteiger partial charge in [-0.05, 0) is 56.7 Å². The number of ether oxygens (including phenoxy) is 2. The van der Waals surface area contributed by atoms with Gasteiger partial charge in [0.15, 0.2) is 0 Å². The number of carbonyl (C=O) groups excluding carboxylic acids is 1. The fraction of sp³-hybridized carbons (Fsp3) is 0.571. The van der Waals surface area contributed by atoms with Gasteiger partial charge in [-0.2, -0.15) is 18.4 Å². The fourth-order valence-corrected chi connectivity index (χ4v) is 5.24. The highest BCUT2D eigenvalue weighted by Crippen LogP contribution is 2.32. The third-order valence-electron chi connectivity index (χ3n) is 7.57. The lowest BCUT2D eigenvalue weighted by Gasteiger charge is -2.31. The van der Waals surface area contributed by atoms with Crippen LogP contribution in [0.2, 0.25) is 5.02 Å². The zero-order valence-corrected chi connectivity index (χ0v) is 23.6. The molecule has 3 heterocycles. The zero-order valence-electron chi connectivity index (χ0n) is 22.9. The standard InChI is InChI=1S/C28H33ClF4N6O3/c29-22-15-36-25(38-19-6-4-18(5-7-19)35-14-20(13-30)42-26(40)28(31,32)33)12-21(22)23-2-1-3-24(39-23)37-17-27(16-34)8-10-41-11-9-27/h1-3,12,15,18-20,35H,4-11,13-14,17H2,(H,36,38)(H,37,39). The number of nitrogens with one attached hydrogen (secondary N) is 3. The van der Waals surface area contributed by atoms with Gasteiger partial charge in [-0.15, -0.1) is 0 Å². The average molecular weight is 613 g/mol. The number of pyridine rings is 2. The van der Waals surface area contributed by atoms with E-state index in [0.29, 0.717) is 73.4 Å². The number of alkyl halides is 4. The predicted molar refractivity (Wildman–Crippen MR) is 149 cm³/mol. The first kappa shape index (κ1) is 31.7. The second kappa shape index (κ2) is 14.3. The smallest absolute Gasteiger partial charge is 0.452 e. The van der Waals surface area contributed by atoms with Gasteiger partial charge in [0.1, 0.15) is 24.4 Å². The number of hydrogen-bond donors (Lipinski definition) is 3. The number of hydrogen-bond acceptors (Lipinski definition) is 9. The number of nitriles is 1. The van der Waals surface area contributed by atoms with Crippen molar-refractivity contribution in [3.63, 3.8) is 0 Å². The molecule has 1 saturated carbocycles. The molecule has 1 aliphatic heterocycles. The Bertz CT molecular complexity index is 1250. The first-order chi connectivity index (χ1) is 20.1. The van der Waals surface area contributed by atoms with Crippen molar-refractivity contribution < 1.29 is 31.8 Å². The molecule has 1 aliphatic carbocycles. The van der Waals surface area contributed by atoms with E-state index in [1.807, 2.05) is 24.3 Å². The number of aromatic nitrogens is 2. The second-order valence-electron chi connectivity index (χ2n) is 10.6. The Morgan fingerprint density at radius 1 is 1.19 bits per heavy atom. The van der Waals surface area contributed by atoms with Gasteiger partial charge in [-0.1, -0.05) is 17.7 Å².